The lowest BCUT2D eigenvalue weighted by atomic mass is 10.1. The van der Waals surface area contributed by atoms with Crippen molar-refractivity contribution in [3.05, 3.63) is 29.3 Å². The summed E-state index contributed by atoms with van der Waals surface area (Å²) in [5, 5.41) is 2.45. The molecule has 0 aliphatic heterocycles. The van der Waals surface area contributed by atoms with Crippen LogP contribution in [0, 0.1) is 0 Å². The third-order valence-corrected chi connectivity index (χ3v) is 3.41. The van der Waals surface area contributed by atoms with Gasteiger partial charge in [-0.3, -0.25) is 9.00 Å². The van der Waals surface area contributed by atoms with Crippen LogP contribution in [-0.2, 0) is 17.0 Å². The topological polar surface area (TPSA) is 72.2 Å². The minimum Gasteiger partial charge on any atom is -0.398 e. The molecule has 0 bridgehead atoms. The van der Waals surface area contributed by atoms with Crippen molar-refractivity contribution in [3.63, 3.8) is 0 Å². The number of carbonyl (C=O) groups is 1. The Morgan fingerprint density at radius 2 is 2.05 bits per heavy atom. The van der Waals surface area contributed by atoms with E-state index in [4.69, 9.17) is 5.73 Å². The van der Waals surface area contributed by atoms with Crippen LogP contribution in [0.4, 0.5) is 18.9 Å². The quantitative estimate of drug-likeness (QED) is 0.643. The van der Waals surface area contributed by atoms with Crippen LogP contribution >= 0.6 is 0 Å². The fourth-order valence-corrected chi connectivity index (χ4v) is 2.13. The van der Waals surface area contributed by atoms with Gasteiger partial charge in [0.25, 0.3) is 5.91 Å². The van der Waals surface area contributed by atoms with E-state index in [1.807, 2.05) is 0 Å². The average molecular weight is 308 g/mol. The molecule has 1 amide bonds. The van der Waals surface area contributed by atoms with Gasteiger partial charge >= 0.3 is 6.18 Å². The summed E-state index contributed by atoms with van der Waals surface area (Å²) >= 11 is 0. The number of nitrogens with two attached hydrogens (primary N) is 1. The predicted octanol–water partition coefficient (Wildman–Crippen LogP) is 1.79. The Morgan fingerprint density at radius 1 is 1.40 bits per heavy atom. The van der Waals surface area contributed by atoms with Crippen LogP contribution in [0.2, 0.25) is 0 Å². The van der Waals surface area contributed by atoms with Gasteiger partial charge in [-0.15, -0.1) is 0 Å². The summed E-state index contributed by atoms with van der Waals surface area (Å²) in [5.41, 5.74) is 3.57. The number of para-hydroxylation sites is 1. The minimum absolute atomic E-state index is 0.211. The maximum Gasteiger partial charge on any atom is 0.418 e. The van der Waals surface area contributed by atoms with E-state index in [1.54, 1.807) is 0 Å². The van der Waals surface area contributed by atoms with Gasteiger partial charge in [0, 0.05) is 29.4 Å². The number of rotatable bonds is 5. The number of hydrogen-bond acceptors (Lipinski definition) is 3. The normalized spacial score (nSPS) is 13.0. The molecule has 0 fully saturated rings. The van der Waals surface area contributed by atoms with Crippen LogP contribution in [0.25, 0.3) is 0 Å². The summed E-state index contributed by atoms with van der Waals surface area (Å²) in [6, 6.07) is 3.19. The highest BCUT2D eigenvalue weighted by molar-refractivity contribution is 7.84. The van der Waals surface area contributed by atoms with Gasteiger partial charge in [0.05, 0.1) is 16.8 Å². The van der Waals surface area contributed by atoms with Crippen molar-refractivity contribution in [2.45, 2.75) is 12.6 Å². The molecule has 0 spiro atoms. The zero-order chi connectivity index (χ0) is 15.3. The maximum absolute atomic E-state index is 12.6. The fourth-order valence-electron chi connectivity index (χ4n) is 1.58. The second-order valence-electron chi connectivity index (χ2n) is 4.15. The Labute approximate surface area is 117 Å². The molecule has 0 radical (unpaired) electrons. The van der Waals surface area contributed by atoms with Crippen LogP contribution in [0.3, 0.4) is 0 Å². The van der Waals surface area contributed by atoms with E-state index in [-0.39, 0.29) is 12.1 Å². The molecule has 0 aromatic heterocycles. The van der Waals surface area contributed by atoms with Crippen molar-refractivity contribution < 1.29 is 22.2 Å². The van der Waals surface area contributed by atoms with Crippen molar-refractivity contribution >= 4 is 22.4 Å². The van der Waals surface area contributed by atoms with Crippen LogP contribution in [-0.4, -0.2) is 28.7 Å². The number of carbonyl (C=O) groups excluding carboxylic acids is 1. The summed E-state index contributed by atoms with van der Waals surface area (Å²) in [7, 11) is -0.969. The standard InChI is InChI=1S/C12H15F3N2O2S/c1-20(19)7-3-6-17-11(18)8-4-2-5-9(10(8)16)12(13,14)15/h2,4-5H,3,6-7,16H2,1H3,(H,17,18). The number of benzene rings is 1. The van der Waals surface area contributed by atoms with E-state index >= 15 is 0 Å². The molecule has 20 heavy (non-hydrogen) atoms. The lowest BCUT2D eigenvalue weighted by molar-refractivity contribution is -0.136. The summed E-state index contributed by atoms with van der Waals surface area (Å²) < 4.78 is 48.7. The second kappa shape index (κ2) is 6.74. The zero-order valence-corrected chi connectivity index (χ0v) is 11.6. The number of alkyl halides is 3. The van der Waals surface area contributed by atoms with E-state index in [9.17, 15) is 22.2 Å². The molecule has 1 aromatic carbocycles. The number of nitrogen functional groups attached to an aromatic ring is 1. The van der Waals surface area contributed by atoms with Crippen LogP contribution in [0.1, 0.15) is 22.3 Å². The maximum atomic E-state index is 12.6. The first kappa shape index (κ1) is 16.5. The molecule has 3 N–H and O–H groups in total. The van der Waals surface area contributed by atoms with E-state index < -0.39 is 34.1 Å². The molecule has 4 nitrogen and oxygen atoms in total. The summed E-state index contributed by atoms with van der Waals surface area (Å²) in [6.45, 7) is 0.230. The largest absolute Gasteiger partial charge is 0.418 e. The van der Waals surface area contributed by atoms with Gasteiger partial charge < -0.3 is 11.1 Å². The van der Waals surface area contributed by atoms with Gasteiger partial charge in [-0.05, 0) is 18.6 Å². The van der Waals surface area contributed by atoms with E-state index in [2.05, 4.69) is 5.32 Å². The third-order valence-electron chi connectivity index (χ3n) is 2.55. The van der Waals surface area contributed by atoms with E-state index in [0.717, 1.165) is 12.1 Å². The predicted molar refractivity (Wildman–Crippen MR) is 71.7 cm³/mol. The Morgan fingerprint density at radius 3 is 2.60 bits per heavy atom. The monoisotopic (exact) mass is 308 g/mol. The van der Waals surface area contributed by atoms with Gasteiger partial charge in [-0.25, -0.2) is 0 Å². The zero-order valence-electron chi connectivity index (χ0n) is 10.8. The Hall–Kier alpha value is -1.57. The number of anilines is 1. The van der Waals surface area contributed by atoms with Gasteiger partial charge in [0.1, 0.15) is 0 Å². The Kier molecular flexibility index (Phi) is 5.55. The number of halogens is 3. The first-order chi connectivity index (χ1) is 9.23. The smallest absolute Gasteiger partial charge is 0.398 e. The molecule has 0 heterocycles. The first-order valence-electron chi connectivity index (χ1n) is 5.77. The molecule has 1 unspecified atom stereocenters. The molecular weight excluding hydrogens is 293 g/mol. The Bertz CT molecular complexity index is 518. The van der Waals surface area contributed by atoms with Crippen molar-refractivity contribution in [2.75, 3.05) is 24.3 Å². The highest BCUT2D eigenvalue weighted by Gasteiger charge is 2.34. The van der Waals surface area contributed by atoms with Crippen molar-refractivity contribution in [1.29, 1.82) is 0 Å². The molecular formula is C12H15F3N2O2S. The van der Waals surface area contributed by atoms with Gasteiger partial charge in [-0.1, -0.05) is 6.07 Å². The van der Waals surface area contributed by atoms with Crippen LogP contribution in [0.15, 0.2) is 18.2 Å². The number of hydrogen-bond donors (Lipinski definition) is 2. The van der Waals surface area contributed by atoms with Gasteiger partial charge in [0.15, 0.2) is 0 Å². The Balaban J connectivity index is 2.76. The molecule has 0 saturated heterocycles. The minimum atomic E-state index is -4.60. The van der Waals surface area contributed by atoms with Crippen molar-refractivity contribution in [2.24, 2.45) is 0 Å². The van der Waals surface area contributed by atoms with Crippen LogP contribution in [0.5, 0.6) is 0 Å². The first-order valence-corrected chi connectivity index (χ1v) is 7.50. The third kappa shape index (κ3) is 4.52. The van der Waals surface area contributed by atoms with E-state index in [0.29, 0.717) is 12.2 Å². The van der Waals surface area contributed by atoms with Gasteiger partial charge in [-0.2, -0.15) is 13.2 Å². The lowest BCUT2D eigenvalue weighted by Gasteiger charge is -2.13. The second-order valence-corrected chi connectivity index (χ2v) is 5.71. The molecule has 0 saturated carbocycles. The average Bonchev–Trinajstić information content (AvgIpc) is 2.33. The molecule has 0 aliphatic carbocycles. The van der Waals surface area contributed by atoms with Gasteiger partial charge in [0.2, 0.25) is 0 Å². The molecule has 1 aromatic rings. The summed E-state index contributed by atoms with van der Waals surface area (Å²) in [5.74, 6) is -0.256. The number of amides is 1. The number of nitrogens with one attached hydrogen (secondary N) is 1. The SMILES string of the molecule is CS(=O)CCCNC(=O)c1cccc(C(F)(F)F)c1N. The lowest BCUT2D eigenvalue weighted by Crippen LogP contribution is -2.27. The fraction of sp³-hybridized carbons (Fsp3) is 0.417. The highest BCUT2D eigenvalue weighted by Crippen LogP contribution is 2.34. The summed E-state index contributed by atoms with van der Waals surface area (Å²) in [4.78, 5) is 11.8. The molecule has 8 heteroatoms. The molecule has 1 rings (SSSR count). The molecule has 1 atom stereocenters. The van der Waals surface area contributed by atoms with Crippen molar-refractivity contribution in [1.82, 2.24) is 5.32 Å². The molecule has 0 aliphatic rings. The van der Waals surface area contributed by atoms with E-state index in [1.165, 1.54) is 12.3 Å². The summed E-state index contributed by atoms with van der Waals surface area (Å²) in [6.07, 6.45) is -2.58. The molecule has 112 valence electrons. The van der Waals surface area contributed by atoms with Crippen LogP contribution < -0.4 is 11.1 Å². The highest BCUT2D eigenvalue weighted by atomic mass is 32.2. The van der Waals surface area contributed by atoms with Crippen molar-refractivity contribution in [3.8, 4) is 0 Å².